The second-order valence-electron chi connectivity index (χ2n) is 7.85. The van der Waals surface area contributed by atoms with Gasteiger partial charge in [0.1, 0.15) is 0 Å². The van der Waals surface area contributed by atoms with Crippen LogP contribution in [-0.2, 0) is 30.6 Å². The lowest BCUT2D eigenvalue weighted by Gasteiger charge is -2.28. The number of hydrogen-bond donors (Lipinski definition) is 1. The van der Waals surface area contributed by atoms with Crippen molar-refractivity contribution in [2.24, 2.45) is 5.41 Å². The van der Waals surface area contributed by atoms with Gasteiger partial charge in [-0.25, -0.2) is 4.98 Å². The smallest absolute Gasteiger partial charge is 0.228 e. The van der Waals surface area contributed by atoms with Gasteiger partial charge in [-0.3, -0.25) is 9.89 Å². The van der Waals surface area contributed by atoms with Crippen LogP contribution >= 0.6 is 11.3 Å². The van der Waals surface area contributed by atoms with E-state index in [1.165, 1.54) is 11.3 Å². The number of hydrogen-bond acceptors (Lipinski definition) is 4. The zero-order valence-electron chi connectivity index (χ0n) is 15.2. The summed E-state index contributed by atoms with van der Waals surface area (Å²) in [7, 11) is 0. The van der Waals surface area contributed by atoms with Gasteiger partial charge in [0.15, 0.2) is 0 Å². The molecule has 24 heavy (non-hydrogen) atoms. The van der Waals surface area contributed by atoms with Crippen LogP contribution < -0.4 is 0 Å². The average molecular weight is 347 g/mol. The Bertz CT molecular complexity index is 754. The summed E-state index contributed by atoms with van der Waals surface area (Å²) in [6.45, 7) is 12.1. The van der Waals surface area contributed by atoms with Gasteiger partial charge in [-0.05, 0) is 25.7 Å². The first-order chi connectivity index (χ1) is 11.2. The van der Waals surface area contributed by atoms with Gasteiger partial charge in [0, 0.05) is 35.6 Å². The molecule has 0 radical (unpaired) electrons. The van der Waals surface area contributed by atoms with Gasteiger partial charge >= 0.3 is 0 Å². The first-order valence-corrected chi connectivity index (χ1v) is 9.30. The molecule has 0 aliphatic carbocycles. The molecule has 1 aliphatic heterocycles. The molecule has 1 amide bonds. The highest BCUT2D eigenvalue weighted by Crippen LogP contribution is 2.27. The highest BCUT2D eigenvalue weighted by atomic mass is 32.1. The van der Waals surface area contributed by atoms with Crippen LogP contribution in [0.2, 0.25) is 0 Å². The fourth-order valence-electron chi connectivity index (χ4n) is 3.20. The molecule has 0 saturated carbocycles. The summed E-state index contributed by atoms with van der Waals surface area (Å²) < 4.78 is 0. The van der Waals surface area contributed by atoms with E-state index in [1.807, 2.05) is 18.7 Å². The number of nitrogens with one attached hydrogen (secondary N) is 1. The van der Waals surface area contributed by atoms with Crippen molar-refractivity contribution in [1.82, 2.24) is 20.1 Å². The van der Waals surface area contributed by atoms with Crippen molar-refractivity contribution in [1.29, 1.82) is 0 Å². The number of carbonyl (C=O) groups excluding carboxylic acids is 1. The minimum atomic E-state index is 0.187. The molecule has 1 aliphatic rings. The normalized spacial score (nSPS) is 14.8. The molecule has 0 saturated heterocycles. The van der Waals surface area contributed by atoms with E-state index in [2.05, 4.69) is 36.0 Å². The molecule has 130 valence electrons. The molecule has 2 aromatic heterocycles. The molecule has 0 fully saturated rings. The first kappa shape index (κ1) is 17.1. The largest absolute Gasteiger partial charge is 0.338 e. The van der Waals surface area contributed by atoms with Crippen molar-refractivity contribution < 1.29 is 4.79 Å². The van der Waals surface area contributed by atoms with Crippen LogP contribution in [0.5, 0.6) is 0 Å². The SMILES string of the molecule is Cc1nc(C)c(CC(=O)N2CCc3[nH]nc(CC(C)(C)C)c3C2)s1. The van der Waals surface area contributed by atoms with Crippen LogP contribution in [0.4, 0.5) is 0 Å². The van der Waals surface area contributed by atoms with E-state index in [0.717, 1.165) is 40.7 Å². The fraction of sp³-hybridized carbons (Fsp3) is 0.611. The fourth-order valence-corrected chi connectivity index (χ4v) is 4.13. The summed E-state index contributed by atoms with van der Waals surface area (Å²) in [5.74, 6) is 0.190. The van der Waals surface area contributed by atoms with E-state index in [-0.39, 0.29) is 11.3 Å². The van der Waals surface area contributed by atoms with Crippen molar-refractivity contribution in [2.75, 3.05) is 6.54 Å². The minimum absolute atomic E-state index is 0.187. The number of rotatable bonds is 3. The van der Waals surface area contributed by atoms with Crippen LogP contribution in [0.3, 0.4) is 0 Å². The molecule has 3 rings (SSSR count). The molecule has 0 aromatic carbocycles. The lowest BCUT2D eigenvalue weighted by Crippen LogP contribution is -2.37. The maximum absolute atomic E-state index is 12.7. The molecular weight excluding hydrogens is 320 g/mol. The molecule has 0 atom stereocenters. The van der Waals surface area contributed by atoms with Crippen LogP contribution in [0.1, 0.15) is 53.3 Å². The van der Waals surface area contributed by atoms with Gasteiger partial charge in [0.25, 0.3) is 0 Å². The second-order valence-corrected chi connectivity index (χ2v) is 9.14. The Labute approximate surface area is 147 Å². The highest BCUT2D eigenvalue weighted by molar-refractivity contribution is 7.11. The van der Waals surface area contributed by atoms with Crippen LogP contribution in [-0.4, -0.2) is 32.5 Å². The predicted octanol–water partition coefficient (Wildman–Crippen LogP) is 3.20. The van der Waals surface area contributed by atoms with Gasteiger partial charge in [0.05, 0.1) is 22.8 Å². The molecule has 6 heteroatoms. The molecule has 1 N–H and O–H groups in total. The van der Waals surface area contributed by atoms with Crippen LogP contribution in [0.15, 0.2) is 0 Å². The monoisotopic (exact) mass is 346 g/mol. The maximum atomic E-state index is 12.7. The van der Waals surface area contributed by atoms with Gasteiger partial charge in [-0.1, -0.05) is 20.8 Å². The second kappa shape index (κ2) is 6.31. The van der Waals surface area contributed by atoms with Crippen molar-refractivity contribution in [3.63, 3.8) is 0 Å². The summed E-state index contributed by atoms with van der Waals surface area (Å²) in [4.78, 5) is 20.2. The first-order valence-electron chi connectivity index (χ1n) is 8.48. The van der Waals surface area contributed by atoms with Gasteiger partial charge in [-0.15, -0.1) is 11.3 Å². The number of carbonyl (C=O) groups is 1. The number of thiazole rings is 1. The summed E-state index contributed by atoms with van der Waals surface area (Å²) in [5, 5.41) is 8.71. The van der Waals surface area contributed by atoms with Gasteiger partial charge in [0.2, 0.25) is 5.91 Å². The number of fused-ring (bicyclic) bond motifs is 1. The summed E-state index contributed by atoms with van der Waals surface area (Å²) >= 11 is 1.63. The molecule has 0 bridgehead atoms. The molecule has 0 unspecified atom stereocenters. The predicted molar refractivity (Wildman–Crippen MR) is 96.2 cm³/mol. The molecule has 5 nitrogen and oxygen atoms in total. The standard InChI is InChI=1S/C18H26N4OS/c1-11-16(24-12(2)19-11)8-17(23)22-7-6-14-13(10-22)15(21-20-14)9-18(3,4)5/h6-10H2,1-5H3,(H,20,21). The highest BCUT2D eigenvalue weighted by Gasteiger charge is 2.27. The third-order valence-corrected chi connectivity index (χ3v) is 5.45. The van der Waals surface area contributed by atoms with Crippen molar-refractivity contribution in [3.05, 3.63) is 32.5 Å². The third-order valence-electron chi connectivity index (χ3n) is 4.38. The Hall–Kier alpha value is -1.69. The average Bonchev–Trinajstić information content (AvgIpc) is 3.00. The Morgan fingerprint density at radius 2 is 2.08 bits per heavy atom. The lowest BCUT2D eigenvalue weighted by atomic mass is 9.88. The number of aromatic nitrogens is 3. The zero-order valence-corrected chi connectivity index (χ0v) is 16.0. The Morgan fingerprint density at radius 3 is 2.71 bits per heavy atom. The Balaban J connectivity index is 1.73. The van der Waals surface area contributed by atoms with Crippen molar-refractivity contribution >= 4 is 17.2 Å². The van der Waals surface area contributed by atoms with E-state index in [1.54, 1.807) is 11.3 Å². The Kier molecular flexibility index (Phi) is 4.51. The zero-order chi connectivity index (χ0) is 17.5. The topological polar surface area (TPSA) is 61.9 Å². The van der Waals surface area contributed by atoms with Gasteiger partial charge < -0.3 is 4.90 Å². The summed E-state index contributed by atoms with van der Waals surface area (Å²) in [6, 6.07) is 0. The molecule has 3 heterocycles. The molecule has 2 aromatic rings. The number of aromatic amines is 1. The van der Waals surface area contributed by atoms with Crippen molar-refractivity contribution in [2.45, 2.75) is 60.4 Å². The van der Waals surface area contributed by atoms with Crippen LogP contribution in [0.25, 0.3) is 0 Å². The van der Waals surface area contributed by atoms with Crippen molar-refractivity contribution in [3.8, 4) is 0 Å². The molecular formula is C18H26N4OS. The third kappa shape index (κ3) is 3.69. The number of aryl methyl sites for hydroxylation is 2. The molecule has 0 spiro atoms. The van der Waals surface area contributed by atoms with E-state index < -0.39 is 0 Å². The lowest BCUT2D eigenvalue weighted by molar-refractivity contribution is -0.131. The number of H-pyrrole nitrogens is 1. The maximum Gasteiger partial charge on any atom is 0.228 e. The van der Waals surface area contributed by atoms with E-state index >= 15 is 0 Å². The van der Waals surface area contributed by atoms with E-state index in [9.17, 15) is 4.79 Å². The summed E-state index contributed by atoms with van der Waals surface area (Å²) in [5.41, 5.74) is 4.71. The van der Waals surface area contributed by atoms with E-state index in [0.29, 0.717) is 13.0 Å². The Morgan fingerprint density at radius 1 is 1.33 bits per heavy atom. The minimum Gasteiger partial charge on any atom is -0.338 e. The summed E-state index contributed by atoms with van der Waals surface area (Å²) in [6.07, 6.45) is 2.24. The number of nitrogens with zero attached hydrogens (tertiary/aromatic N) is 3. The van der Waals surface area contributed by atoms with Crippen LogP contribution in [0, 0.1) is 19.3 Å². The quantitative estimate of drug-likeness (QED) is 0.928. The number of amides is 1. The van der Waals surface area contributed by atoms with Gasteiger partial charge in [-0.2, -0.15) is 5.10 Å². The van der Waals surface area contributed by atoms with E-state index in [4.69, 9.17) is 0 Å².